The Morgan fingerprint density at radius 2 is 2.25 bits per heavy atom. The Labute approximate surface area is 122 Å². The molecule has 0 spiro atoms. The smallest absolute Gasteiger partial charge is 0.190 e. The van der Waals surface area contributed by atoms with Crippen molar-refractivity contribution in [2.75, 3.05) is 6.54 Å². The maximum atomic E-state index is 14.2. The SMILES string of the molecule is CCCNC(C)c1cccc(F)c1Sc1ncnn1C. The van der Waals surface area contributed by atoms with Gasteiger partial charge in [0.2, 0.25) is 0 Å². The molecule has 0 aliphatic heterocycles. The minimum absolute atomic E-state index is 0.0985. The second kappa shape index (κ2) is 6.85. The molecule has 1 heterocycles. The van der Waals surface area contributed by atoms with Crippen molar-refractivity contribution in [1.29, 1.82) is 0 Å². The Hall–Kier alpha value is -1.40. The van der Waals surface area contributed by atoms with Crippen molar-refractivity contribution in [2.45, 2.75) is 36.4 Å². The molecular weight excluding hydrogens is 275 g/mol. The zero-order chi connectivity index (χ0) is 14.5. The van der Waals surface area contributed by atoms with Crippen LogP contribution in [-0.2, 0) is 7.05 Å². The third kappa shape index (κ3) is 3.37. The number of benzene rings is 1. The van der Waals surface area contributed by atoms with Crippen LogP contribution in [0.4, 0.5) is 4.39 Å². The molecule has 0 aliphatic carbocycles. The molecule has 0 saturated heterocycles. The van der Waals surface area contributed by atoms with E-state index in [2.05, 4.69) is 22.3 Å². The molecule has 4 nitrogen and oxygen atoms in total. The summed E-state index contributed by atoms with van der Waals surface area (Å²) in [6.45, 7) is 5.07. The Bertz CT molecular complexity index is 570. The van der Waals surface area contributed by atoms with Gasteiger partial charge in [0.05, 0.1) is 4.90 Å². The van der Waals surface area contributed by atoms with Gasteiger partial charge in [-0.15, -0.1) is 0 Å². The lowest BCUT2D eigenvalue weighted by atomic mass is 10.1. The number of rotatable bonds is 6. The number of aryl methyl sites for hydroxylation is 1. The molecule has 108 valence electrons. The molecule has 0 bridgehead atoms. The number of hydrogen-bond acceptors (Lipinski definition) is 4. The van der Waals surface area contributed by atoms with Crippen LogP contribution in [0.1, 0.15) is 31.9 Å². The third-order valence-electron chi connectivity index (χ3n) is 3.03. The summed E-state index contributed by atoms with van der Waals surface area (Å²) in [5.41, 5.74) is 0.950. The Balaban J connectivity index is 2.29. The number of halogens is 1. The summed E-state index contributed by atoms with van der Waals surface area (Å²) in [7, 11) is 1.80. The molecule has 1 unspecified atom stereocenters. The van der Waals surface area contributed by atoms with Crippen LogP contribution in [0.15, 0.2) is 34.6 Å². The van der Waals surface area contributed by atoms with Gasteiger partial charge < -0.3 is 5.32 Å². The van der Waals surface area contributed by atoms with Crippen molar-refractivity contribution >= 4 is 11.8 Å². The first-order valence-corrected chi connectivity index (χ1v) is 7.48. The van der Waals surface area contributed by atoms with Crippen LogP contribution in [-0.4, -0.2) is 21.3 Å². The summed E-state index contributed by atoms with van der Waals surface area (Å²) in [6, 6.07) is 5.28. The van der Waals surface area contributed by atoms with E-state index in [1.807, 2.05) is 13.0 Å². The van der Waals surface area contributed by atoms with Crippen molar-refractivity contribution in [3.8, 4) is 0 Å². The molecule has 0 radical (unpaired) electrons. The van der Waals surface area contributed by atoms with E-state index in [0.717, 1.165) is 18.5 Å². The van der Waals surface area contributed by atoms with Gasteiger partial charge in [-0.1, -0.05) is 19.1 Å². The van der Waals surface area contributed by atoms with E-state index in [1.54, 1.807) is 17.8 Å². The number of hydrogen-bond donors (Lipinski definition) is 1. The molecule has 6 heteroatoms. The predicted octanol–water partition coefficient (Wildman–Crippen LogP) is 3.17. The van der Waals surface area contributed by atoms with Crippen LogP contribution >= 0.6 is 11.8 Å². The topological polar surface area (TPSA) is 42.7 Å². The average molecular weight is 294 g/mol. The summed E-state index contributed by atoms with van der Waals surface area (Å²) in [5.74, 6) is -0.222. The minimum atomic E-state index is -0.222. The molecule has 2 rings (SSSR count). The minimum Gasteiger partial charge on any atom is -0.310 e. The van der Waals surface area contributed by atoms with E-state index >= 15 is 0 Å². The predicted molar refractivity (Wildman–Crippen MR) is 78.2 cm³/mol. The maximum absolute atomic E-state index is 14.2. The first-order valence-electron chi connectivity index (χ1n) is 6.67. The van der Waals surface area contributed by atoms with E-state index in [9.17, 15) is 4.39 Å². The normalized spacial score (nSPS) is 12.6. The summed E-state index contributed by atoms with van der Waals surface area (Å²) in [6.07, 6.45) is 2.52. The van der Waals surface area contributed by atoms with Gasteiger partial charge in [-0.2, -0.15) is 5.10 Å². The lowest BCUT2D eigenvalue weighted by molar-refractivity contribution is 0.543. The maximum Gasteiger partial charge on any atom is 0.190 e. The number of nitrogens with one attached hydrogen (secondary N) is 1. The van der Waals surface area contributed by atoms with Crippen molar-refractivity contribution < 1.29 is 4.39 Å². The van der Waals surface area contributed by atoms with Crippen LogP contribution in [0, 0.1) is 5.82 Å². The Morgan fingerprint density at radius 1 is 1.45 bits per heavy atom. The van der Waals surface area contributed by atoms with E-state index in [0.29, 0.717) is 10.1 Å². The highest BCUT2D eigenvalue weighted by atomic mass is 32.2. The van der Waals surface area contributed by atoms with Gasteiger partial charge in [0.25, 0.3) is 0 Å². The molecule has 2 aromatic rings. The molecule has 1 aromatic heterocycles. The molecule has 1 aromatic carbocycles. The average Bonchev–Trinajstić information content (AvgIpc) is 2.84. The van der Waals surface area contributed by atoms with E-state index in [4.69, 9.17) is 0 Å². The van der Waals surface area contributed by atoms with Gasteiger partial charge in [0.1, 0.15) is 12.1 Å². The lowest BCUT2D eigenvalue weighted by Gasteiger charge is -2.17. The van der Waals surface area contributed by atoms with Crippen molar-refractivity contribution in [1.82, 2.24) is 20.1 Å². The van der Waals surface area contributed by atoms with Crippen LogP contribution in [0.5, 0.6) is 0 Å². The third-order valence-corrected chi connectivity index (χ3v) is 4.21. The van der Waals surface area contributed by atoms with Gasteiger partial charge in [0.15, 0.2) is 5.16 Å². The second-order valence-electron chi connectivity index (χ2n) is 4.60. The van der Waals surface area contributed by atoms with Crippen LogP contribution in [0.3, 0.4) is 0 Å². The molecule has 20 heavy (non-hydrogen) atoms. The van der Waals surface area contributed by atoms with Gasteiger partial charge in [0, 0.05) is 13.1 Å². The van der Waals surface area contributed by atoms with E-state index in [1.165, 1.54) is 24.2 Å². The van der Waals surface area contributed by atoms with E-state index in [-0.39, 0.29) is 11.9 Å². The molecule has 1 N–H and O–H groups in total. The first kappa shape index (κ1) is 15.0. The highest BCUT2D eigenvalue weighted by Crippen LogP contribution is 2.34. The van der Waals surface area contributed by atoms with Gasteiger partial charge >= 0.3 is 0 Å². The first-order chi connectivity index (χ1) is 9.63. The molecule has 1 atom stereocenters. The second-order valence-corrected chi connectivity index (χ2v) is 5.58. The van der Waals surface area contributed by atoms with Gasteiger partial charge in [-0.3, -0.25) is 0 Å². The van der Waals surface area contributed by atoms with Crippen LogP contribution in [0.25, 0.3) is 0 Å². The van der Waals surface area contributed by atoms with E-state index < -0.39 is 0 Å². The molecular formula is C14H19FN4S. The summed E-state index contributed by atoms with van der Waals surface area (Å²) >= 11 is 1.31. The van der Waals surface area contributed by atoms with Crippen molar-refractivity contribution in [3.05, 3.63) is 35.9 Å². The standard InChI is InChI=1S/C14H19FN4S/c1-4-8-16-10(2)11-6-5-7-12(15)13(11)20-14-17-9-18-19(14)3/h5-7,9-10,16H,4,8H2,1-3H3. The summed E-state index contributed by atoms with van der Waals surface area (Å²) in [5, 5.41) is 8.08. The number of aromatic nitrogens is 3. The fourth-order valence-electron chi connectivity index (χ4n) is 1.91. The monoisotopic (exact) mass is 294 g/mol. The van der Waals surface area contributed by atoms with Gasteiger partial charge in [-0.25, -0.2) is 14.1 Å². The molecule has 0 fully saturated rings. The molecule has 0 saturated carbocycles. The van der Waals surface area contributed by atoms with Crippen LogP contribution < -0.4 is 5.32 Å². The molecule has 0 amide bonds. The fourth-order valence-corrected chi connectivity index (χ4v) is 2.90. The summed E-state index contributed by atoms with van der Waals surface area (Å²) in [4.78, 5) is 4.75. The van der Waals surface area contributed by atoms with Gasteiger partial charge in [-0.05, 0) is 43.3 Å². The Kier molecular flexibility index (Phi) is 5.14. The molecule has 0 aliphatic rings. The van der Waals surface area contributed by atoms with Crippen molar-refractivity contribution in [3.63, 3.8) is 0 Å². The largest absolute Gasteiger partial charge is 0.310 e. The van der Waals surface area contributed by atoms with Crippen molar-refractivity contribution in [2.24, 2.45) is 7.05 Å². The highest BCUT2D eigenvalue weighted by Gasteiger charge is 2.16. The quantitative estimate of drug-likeness (QED) is 0.888. The fraction of sp³-hybridized carbons (Fsp3) is 0.429. The lowest BCUT2D eigenvalue weighted by Crippen LogP contribution is -2.20. The zero-order valence-electron chi connectivity index (χ0n) is 11.9. The zero-order valence-corrected chi connectivity index (χ0v) is 12.7. The van der Waals surface area contributed by atoms with Crippen LogP contribution in [0.2, 0.25) is 0 Å². The number of nitrogens with zero attached hydrogens (tertiary/aromatic N) is 3. The summed E-state index contributed by atoms with van der Waals surface area (Å²) < 4.78 is 15.8. The Morgan fingerprint density at radius 3 is 2.90 bits per heavy atom. The highest BCUT2D eigenvalue weighted by molar-refractivity contribution is 7.99.